The van der Waals surface area contributed by atoms with E-state index in [0.29, 0.717) is 5.41 Å². The van der Waals surface area contributed by atoms with E-state index in [1.54, 1.807) is 0 Å². The van der Waals surface area contributed by atoms with Gasteiger partial charge in [-0.25, -0.2) is 0 Å². The highest BCUT2D eigenvalue weighted by molar-refractivity contribution is 7.80. The number of aliphatic hydroxyl groups excluding tert-OH is 1. The smallest absolute Gasteiger partial charge is 0.184 e. The molecule has 4 saturated carbocycles. The van der Waals surface area contributed by atoms with E-state index in [1.165, 1.54) is 44.2 Å². The lowest BCUT2D eigenvalue weighted by molar-refractivity contribution is -0.112. The Morgan fingerprint density at radius 2 is 1.88 bits per heavy atom. The van der Waals surface area contributed by atoms with E-state index in [-0.39, 0.29) is 16.6 Å². The quantitative estimate of drug-likeness (QED) is 0.492. The molecule has 4 nitrogen and oxygen atoms in total. The summed E-state index contributed by atoms with van der Waals surface area (Å²) in [5.41, 5.74) is 10.2. The van der Waals surface area contributed by atoms with Gasteiger partial charge >= 0.3 is 0 Å². The van der Waals surface area contributed by atoms with Crippen molar-refractivity contribution in [2.24, 2.45) is 45.3 Å². The van der Waals surface area contributed by atoms with E-state index in [0.717, 1.165) is 42.9 Å². The van der Waals surface area contributed by atoms with Crippen LogP contribution in [0.1, 0.15) is 71.6 Å². The molecule has 0 aliphatic heterocycles. The first-order valence-corrected chi connectivity index (χ1v) is 10.5. The van der Waals surface area contributed by atoms with Crippen LogP contribution in [0.2, 0.25) is 0 Å². The van der Waals surface area contributed by atoms with Gasteiger partial charge in [-0.1, -0.05) is 13.8 Å². The third-order valence-corrected chi connectivity index (χ3v) is 8.86. The van der Waals surface area contributed by atoms with Gasteiger partial charge in [-0.2, -0.15) is 5.10 Å². The normalized spacial score (nSPS) is 50.7. The Balaban J connectivity index is 1.53. The molecule has 4 N–H and O–H groups in total. The van der Waals surface area contributed by atoms with Crippen molar-refractivity contribution in [2.45, 2.75) is 77.7 Å². The van der Waals surface area contributed by atoms with E-state index in [4.69, 9.17) is 18.0 Å². The van der Waals surface area contributed by atoms with Crippen molar-refractivity contribution in [2.75, 3.05) is 0 Å². The van der Waals surface area contributed by atoms with E-state index in [2.05, 4.69) is 24.4 Å². The summed E-state index contributed by atoms with van der Waals surface area (Å²) in [7, 11) is 0. The van der Waals surface area contributed by atoms with Crippen LogP contribution in [0.15, 0.2) is 5.10 Å². The summed E-state index contributed by atoms with van der Waals surface area (Å²) in [6.45, 7) is 4.92. The topological polar surface area (TPSA) is 70.6 Å². The van der Waals surface area contributed by atoms with Crippen LogP contribution in [-0.2, 0) is 0 Å². The lowest BCUT2D eigenvalue weighted by Gasteiger charge is -2.60. The summed E-state index contributed by atoms with van der Waals surface area (Å²) in [6, 6.07) is 0. The Kier molecular flexibility index (Phi) is 4.39. The first-order chi connectivity index (χ1) is 11.8. The van der Waals surface area contributed by atoms with E-state index in [1.807, 2.05) is 0 Å². The second-order valence-electron chi connectivity index (χ2n) is 9.65. The second-order valence-corrected chi connectivity index (χ2v) is 10.1. The van der Waals surface area contributed by atoms with Gasteiger partial charge in [0.2, 0.25) is 0 Å². The van der Waals surface area contributed by atoms with Crippen LogP contribution in [0, 0.1) is 34.5 Å². The van der Waals surface area contributed by atoms with Crippen LogP contribution in [0.25, 0.3) is 0 Å². The van der Waals surface area contributed by atoms with E-state index >= 15 is 0 Å². The lowest BCUT2D eigenvalue weighted by Crippen LogP contribution is -2.54. The maximum Gasteiger partial charge on any atom is 0.184 e. The fourth-order valence-electron chi connectivity index (χ4n) is 7.27. The minimum atomic E-state index is -0.0692. The Morgan fingerprint density at radius 3 is 2.64 bits per heavy atom. The standard InChI is InChI=1S/C20H33N3OS/c1-19-9-7-13(22-23-18(21)25)11-12(19)3-4-14-15-5-6-17(24)20(15,2)10-8-16(14)19/h12,14-17,24H,3-11H2,1-2H3,(H3,21,23,25)/b22-13-/t12-,14-,15-,16-,17+,19-,20-/m0/s1. The molecule has 0 spiro atoms. The van der Waals surface area contributed by atoms with Gasteiger partial charge in [0.15, 0.2) is 5.11 Å². The number of fused-ring (bicyclic) bond motifs is 5. The van der Waals surface area contributed by atoms with E-state index < -0.39 is 0 Å². The fourth-order valence-corrected chi connectivity index (χ4v) is 7.31. The van der Waals surface area contributed by atoms with Crippen molar-refractivity contribution in [3.63, 3.8) is 0 Å². The molecule has 140 valence electrons. The van der Waals surface area contributed by atoms with Crippen LogP contribution in [0.5, 0.6) is 0 Å². The molecule has 4 rings (SSSR count). The largest absolute Gasteiger partial charge is 0.393 e. The zero-order valence-electron chi connectivity index (χ0n) is 15.6. The van der Waals surface area contributed by atoms with Crippen LogP contribution in [0.3, 0.4) is 0 Å². The molecule has 0 bridgehead atoms. The zero-order valence-corrected chi connectivity index (χ0v) is 16.4. The van der Waals surface area contributed by atoms with Crippen molar-refractivity contribution in [3.05, 3.63) is 0 Å². The van der Waals surface area contributed by atoms with Crippen LogP contribution in [0.4, 0.5) is 0 Å². The van der Waals surface area contributed by atoms with Crippen molar-refractivity contribution in [3.8, 4) is 0 Å². The summed E-state index contributed by atoms with van der Waals surface area (Å²) >= 11 is 4.88. The van der Waals surface area contributed by atoms with Gasteiger partial charge in [-0.3, -0.25) is 5.43 Å². The highest BCUT2D eigenvalue weighted by atomic mass is 32.1. The number of hydrogen-bond donors (Lipinski definition) is 3. The van der Waals surface area contributed by atoms with Gasteiger partial charge in [0.05, 0.1) is 6.10 Å². The summed E-state index contributed by atoms with van der Waals surface area (Å²) in [4.78, 5) is 0. The van der Waals surface area contributed by atoms with Crippen LogP contribution >= 0.6 is 12.2 Å². The number of aliphatic hydroxyl groups is 1. The second kappa shape index (κ2) is 6.19. The Morgan fingerprint density at radius 1 is 1.12 bits per heavy atom. The minimum Gasteiger partial charge on any atom is -0.393 e. The van der Waals surface area contributed by atoms with Crippen LogP contribution in [-0.4, -0.2) is 22.0 Å². The number of rotatable bonds is 1. The Hall–Kier alpha value is -0.680. The first-order valence-electron chi connectivity index (χ1n) is 10.1. The van der Waals surface area contributed by atoms with Crippen molar-refractivity contribution < 1.29 is 5.11 Å². The third kappa shape index (κ3) is 2.73. The molecule has 0 radical (unpaired) electrons. The third-order valence-electron chi connectivity index (χ3n) is 8.77. The molecule has 0 unspecified atom stereocenters. The molecule has 0 aromatic heterocycles. The molecule has 0 heterocycles. The van der Waals surface area contributed by atoms with Crippen molar-refractivity contribution in [1.82, 2.24) is 5.43 Å². The molecular weight excluding hydrogens is 330 g/mol. The molecule has 0 aromatic carbocycles. The summed E-state index contributed by atoms with van der Waals surface area (Å²) < 4.78 is 0. The number of thiocarbonyl (C=S) groups is 1. The number of hydrazone groups is 1. The Bertz CT molecular complexity index is 593. The summed E-state index contributed by atoms with van der Waals surface area (Å²) in [5.74, 6) is 3.14. The summed E-state index contributed by atoms with van der Waals surface area (Å²) in [5, 5.41) is 15.3. The van der Waals surface area contributed by atoms with E-state index in [9.17, 15) is 5.11 Å². The average Bonchev–Trinajstić information content (AvgIpc) is 2.88. The maximum absolute atomic E-state index is 10.6. The molecule has 7 atom stereocenters. The van der Waals surface area contributed by atoms with Gasteiger partial charge in [0, 0.05) is 5.71 Å². The highest BCUT2D eigenvalue weighted by Crippen LogP contribution is 2.65. The zero-order chi connectivity index (χ0) is 17.8. The summed E-state index contributed by atoms with van der Waals surface area (Å²) in [6.07, 6.45) is 10.8. The van der Waals surface area contributed by atoms with Crippen molar-refractivity contribution >= 4 is 23.0 Å². The maximum atomic E-state index is 10.6. The average molecular weight is 364 g/mol. The number of hydrogen-bond acceptors (Lipinski definition) is 3. The predicted octanol–water partition coefficient (Wildman–Crippen LogP) is 3.58. The van der Waals surface area contributed by atoms with Crippen LogP contribution < -0.4 is 11.2 Å². The van der Waals surface area contributed by atoms with Gasteiger partial charge in [0.25, 0.3) is 0 Å². The molecule has 0 saturated heterocycles. The molecule has 4 fully saturated rings. The number of nitrogens with two attached hydrogens (primary N) is 1. The predicted molar refractivity (Wildman–Crippen MR) is 105 cm³/mol. The molecule has 0 amide bonds. The minimum absolute atomic E-state index is 0.0692. The molecule has 4 aliphatic carbocycles. The molecule has 4 aliphatic rings. The molecule has 25 heavy (non-hydrogen) atoms. The first kappa shape index (κ1) is 17.7. The van der Waals surface area contributed by atoms with Gasteiger partial charge in [0.1, 0.15) is 0 Å². The number of nitrogens with one attached hydrogen (secondary N) is 1. The molecular formula is C20H33N3OS. The SMILES string of the molecule is C[C@]12CC/C(=N/NC(N)=S)C[C@@H]1CC[C@@H]1[C@@H]2CC[C@]2(C)[C@H](O)CC[C@@H]12. The van der Waals surface area contributed by atoms with Gasteiger partial charge in [-0.15, -0.1) is 0 Å². The monoisotopic (exact) mass is 363 g/mol. The lowest BCUT2D eigenvalue weighted by atomic mass is 9.45. The molecule has 0 aromatic rings. The van der Waals surface area contributed by atoms with Gasteiger partial charge < -0.3 is 10.8 Å². The van der Waals surface area contributed by atoms with Crippen molar-refractivity contribution in [1.29, 1.82) is 0 Å². The molecule has 5 heteroatoms. The highest BCUT2D eigenvalue weighted by Gasteiger charge is 2.59. The fraction of sp³-hybridized carbons (Fsp3) is 0.900. The number of nitrogens with zero attached hydrogens (tertiary/aromatic N) is 1. The van der Waals surface area contributed by atoms with Gasteiger partial charge in [-0.05, 0) is 105 Å². The Labute approximate surface area is 157 Å².